The van der Waals surface area contributed by atoms with Gasteiger partial charge in [-0.05, 0) is 67.7 Å². The highest BCUT2D eigenvalue weighted by Gasteiger charge is 2.47. The number of carbonyl (C=O) groups is 1. The zero-order chi connectivity index (χ0) is 28.4. The van der Waals surface area contributed by atoms with Gasteiger partial charge in [-0.15, -0.1) is 0 Å². The Morgan fingerprint density at radius 2 is 1.68 bits per heavy atom. The van der Waals surface area contributed by atoms with Gasteiger partial charge in [0, 0.05) is 23.9 Å². The van der Waals surface area contributed by atoms with Crippen LogP contribution in [0.1, 0.15) is 61.0 Å². The van der Waals surface area contributed by atoms with Gasteiger partial charge in [0.1, 0.15) is 28.5 Å². The van der Waals surface area contributed by atoms with Crippen molar-refractivity contribution in [3.63, 3.8) is 0 Å². The molecule has 0 aliphatic heterocycles. The lowest BCUT2D eigenvalue weighted by Gasteiger charge is -2.32. The fourth-order valence-corrected chi connectivity index (χ4v) is 6.84. The number of hydrogen-bond donors (Lipinski definition) is 3. The summed E-state index contributed by atoms with van der Waals surface area (Å²) >= 11 is 0. The van der Waals surface area contributed by atoms with Crippen molar-refractivity contribution >= 4 is 17.3 Å². The zero-order valence-corrected chi connectivity index (χ0v) is 21.8. The molecule has 4 N–H and O–H groups in total. The number of aliphatic hydroxyl groups is 1. The molecule has 7 nitrogen and oxygen atoms in total. The number of rotatable bonds is 5. The van der Waals surface area contributed by atoms with Gasteiger partial charge in [0.2, 0.25) is 0 Å². The number of nitrogens with zero attached hydrogens (tertiary/aromatic N) is 3. The number of nitrogen functional groups attached to an aromatic ring is 1. The molecule has 2 aliphatic carbocycles. The average Bonchev–Trinajstić information content (AvgIpc) is 3.44. The molecular formula is C30H29F3N4O3. The van der Waals surface area contributed by atoms with Gasteiger partial charge >= 0.3 is 12.1 Å². The lowest BCUT2D eigenvalue weighted by Crippen LogP contribution is -2.31. The normalized spacial score (nSPS) is 24.2. The first kappa shape index (κ1) is 26.3. The first-order valence-electron chi connectivity index (χ1n) is 13.3. The van der Waals surface area contributed by atoms with Crippen LogP contribution >= 0.6 is 0 Å². The topological polar surface area (TPSA) is 114 Å². The SMILES string of the molecule is C[C@@](O)(c1ccc(-c2nc([C@H]3C[C@H]4CC[C@@H](C3)C4C(=O)O)n3ccnc(N)c23)cc1)c1cccc(C(F)(F)F)c1. The molecule has 2 aliphatic rings. The van der Waals surface area contributed by atoms with Gasteiger partial charge in [0.15, 0.2) is 0 Å². The van der Waals surface area contributed by atoms with Crippen molar-refractivity contribution in [3.8, 4) is 11.3 Å². The van der Waals surface area contributed by atoms with Crippen LogP contribution in [0.5, 0.6) is 0 Å². The molecule has 0 spiro atoms. The molecule has 2 saturated carbocycles. The van der Waals surface area contributed by atoms with Crippen molar-refractivity contribution in [3.05, 3.63) is 83.4 Å². The fraction of sp³-hybridized carbons (Fsp3) is 0.367. The van der Waals surface area contributed by atoms with Gasteiger partial charge in [-0.3, -0.25) is 9.20 Å². The van der Waals surface area contributed by atoms with E-state index in [0.717, 1.165) is 43.6 Å². The first-order valence-corrected chi connectivity index (χ1v) is 13.3. The van der Waals surface area contributed by atoms with Crippen molar-refractivity contribution in [2.45, 2.75) is 50.3 Å². The second kappa shape index (κ2) is 9.33. The van der Waals surface area contributed by atoms with E-state index in [9.17, 15) is 28.2 Å². The van der Waals surface area contributed by atoms with Crippen molar-refractivity contribution < 1.29 is 28.2 Å². The minimum atomic E-state index is -4.52. The third-order valence-electron chi connectivity index (χ3n) is 8.83. The summed E-state index contributed by atoms with van der Waals surface area (Å²) in [4.78, 5) is 21.1. The van der Waals surface area contributed by atoms with E-state index in [-0.39, 0.29) is 29.2 Å². The molecule has 1 unspecified atom stereocenters. The van der Waals surface area contributed by atoms with E-state index in [4.69, 9.17) is 10.7 Å². The Morgan fingerprint density at radius 1 is 1.02 bits per heavy atom. The smallest absolute Gasteiger partial charge is 0.416 e. The van der Waals surface area contributed by atoms with Gasteiger partial charge in [-0.2, -0.15) is 13.2 Å². The number of aromatic nitrogens is 3. The Balaban J connectivity index is 1.36. The molecule has 10 heteroatoms. The van der Waals surface area contributed by atoms with Crippen LogP contribution in [0.3, 0.4) is 0 Å². The van der Waals surface area contributed by atoms with Gasteiger partial charge < -0.3 is 15.9 Å². The minimum absolute atomic E-state index is 0.0806. The maximum Gasteiger partial charge on any atom is 0.416 e. The first-order chi connectivity index (χ1) is 18.9. The summed E-state index contributed by atoms with van der Waals surface area (Å²) in [6.45, 7) is 1.46. The lowest BCUT2D eigenvalue weighted by molar-refractivity contribution is -0.145. The van der Waals surface area contributed by atoms with Crippen molar-refractivity contribution in [1.82, 2.24) is 14.4 Å². The highest BCUT2D eigenvalue weighted by atomic mass is 19.4. The van der Waals surface area contributed by atoms with Crippen molar-refractivity contribution in [1.29, 1.82) is 0 Å². The van der Waals surface area contributed by atoms with E-state index in [1.807, 2.05) is 10.6 Å². The van der Waals surface area contributed by atoms with E-state index in [1.165, 1.54) is 19.1 Å². The molecule has 2 aromatic heterocycles. The quantitative estimate of drug-likeness (QED) is 0.287. The largest absolute Gasteiger partial charge is 0.481 e. The molecule has 0 radical (unpaired) electrons. The summed E-state index contributed by atoms with van der Waals surface area (Å²) in [5.41, 5.74) is 6.34. The Kier molecular flexibility index (Phi) is 6.14. The molecule has 40 heavy (non-hydrogen) atoms. The minimum Gasteiger partial charge on any atom is -0.481 e. The standard InChI is InChI=1S/C30H29F3N4O3/c1-29(40,21-3-2-4-22(15-21)30(31,32)33)20-9-7-16(8-10-20)24-25-26(34)35-11-12-37(25)27(36-24)19-13-17-5-6-18(14-19)23(17)28(38)39/h2-4,7-12,15,17-19,23,40H,5-6,13-14H2,1H3,(H2,34,35)(H,38,39)/t17-,18+,19+,23?,29-/m1/s1. The van der Waals surface area contributed by atoms with Crippen LogP contribution in [0.2, 0.25) is 0 Å². The number of aliphatic carboxylic acids is 1. The van der Waals surface area contributed by atoms with Gasteiger partial charge in [0.25, 0.3) is 0 Å². The Hall–Kier alpha value is -3.92. The number of anilines is 1. The second-order valence-electron chi connectivity index (χ2n) is 11.2. The van der Waals surface area contributed by atoms with Crippen LogP contribution in [0, 0.1) is 17.8 Å². The van der Waals surface area contributed by atoms with Crippen LogP contribution < -0.4 is 5.73 Å². The molecule has 2 fully saturated rings. The van der Waals surface area contributed by atoms with Crippen LogP contribution in [0.15, 0.2) is 60.9 Å². The summed E-state index contributed by atoms with van der Waals surface area (Å²) < 4.78 is 41.7. The molecule has 6 rings (SSSR count). The highest BCUT2D eigenvalue weighted by molar-refractivity contribution is 5.85. The van der Waals surface area contributed by atoms with E-state index in [2.05, 4.69) is 4.98 Å². The molecule has 4 aromatic rings. The summed E-state index contributed by atoms with van der Waals surface area (Å²) in [7, 11) is 0. The molecule has 5 atom stereocenters. The van der Waals surface area contributed by atoms with E-state index < -0.39 is 23.3 Å². The average molecular weight is 551 g/mol. The maximum absolute atomic E-state index is 13.3. The third kappa shape index (κ3) is 4.30. The van der Waals surface area contributed by atoms with Crippen LogP contribution in [-0.4, -0.2) is 30.6 Å². The maximum atomic E-state index is 13.3. The number of halogens is 3. The number of alkyl halides is 3. The molecular weight excluding hydrogens is 521 g/mol. The molecule has 2 heterocycles. The van der Waals surface area contributed by atoms with Gasteiger partial charge in [-0.1, -0.05) is 36.4 Å². The van der Waals surface area contributed by atoms with Crippen molar-refractivity contribution in [2.24, 2.45) is 17.8 Å². The van der Waals surface area contributed by atoms with Crippen LogP contribution in [0.4, 0.5) is 19.0 Å². The number of nitrogens with two attached hydrogens (primary N) is 1. The number of carboxylic acids is 1. The lowest BCUT2D eigenvalue weighted by atomic mass is 9.73. The summed E-state index contributed by atoms with van der Waals surface area (Å²) in [6, 6.07) is 11.6. The monoisotopic (exact) mass is 550 g/mol. The Labute approximate surface area is 228 Å². The zero-order valence-electron chi connectivity index (χ0n) is 21.8. The van der Waals surface area contributed by atoms with Gasteiger partial charge in [-0.25, -0.2) is 9.97 Å². The molecule has 0 amide bonds. The van der Waals surface area contributed by atoms with E-state index in [1.54, 1.807) is 30.5 Å². The molecule has 2 aromatic carbocycles. The Bertz CT molecular complexity index is 1580. The number of carboxylic acid groups (broad SMARTS) is 1. The number of fused-ring (bicyclic) bond motifs is 3. The number of imidazole rings is 1. The van der Waals surface area contributed by atoms with Crippen LogP contribution in [0.25, 0.3) is 16.8 Å². The van der Waals surface area contributed by atoms with Gasteiger partial charge in [0.05, 0.1) is 11.5 Å². The summed E-state index contributed by atoms with van der Waals surface area (Å²) in [5.74, 6) is 0.428. The van der Waals surface area contributed by atoms with E-state index >= 15 is 0 Å². The van der Waals surface area contributed by atoms with Crippen LogP contribution in [-0.2, 0) is 16.6 Å². The Morgan fingerprint density at radius 3 is 2.30 bits per heavy atom. The van der Waals surface area contributed by atoms with E-state index in [0.29, 0.717) is 28.2 Å². The summed E-state index contributed by atoms with van der Waals surface area (Å²) in [6.07, 6.45) is 2.21. The summed E-state index contributed by atoms with van der Waals surface area (Å²) in [5, 5.41) is 21.0. The second-order valence-corrected chi connectivity index (χ2v) is 11.2. The predicted molar refractivity (Wildman–Crippen MR) is 142 cm³/mol. The number of benzene rings is 2. The fourth-order valence-electron chi connectivity index (χ4n) is 6.84. The predicted octanol–water partition coefficient (Wildman–Crippen LogP) is 5.86. The highest BCUT2D eigenvalue weighted by Crippen LogP contribution is 2.52. The number of hydrogen-bond acceptors (Lipinski definition) is 5. The molecule has 2 bridgehead atoms. The molecule has 208 valence electrons. The molecule has 0 saturated heterocycles. The third-order valence-corrected chi connectivity index (χ3v) is 8.83. The van der Waals surface area contributed by atoms with Crippen molar-refractivity contribution in [2.75, 3.05) is 5.73 Å².